The Hall–Kier alpha value is -2.82. The van der Waals surface area contributed by atoms with Gasteiger partial charge in [0.2, 0.25) is 11.8 Å². The van der Waals surface area contributed by atoms with Crippen molar-refractivity contribution in [2.45, 2.75) is 53.1 Å². The first kappa shape index (κ1) is 22.5. The van der Waals surface area contributed by atoms with Crippen LogP contribution in [0.1, 0.15) is 42.5 Å². The molecule has 0 heterocycles. The molecule has 0 aromatic heterocycles. The zero-order valence-corrected chi connectivity index (χ0v) is 18.1. The zero-order chi connectivity index (χ0) is 21.4. The molecule has 29 heavy (non-hydrogen) atoms. The Labute approximate surface area is 174 Å². The summed E-state index contributed by atoms with van der Waals surface area (Å²) in [5.41, 5.74) is 4.13. The first-order valence-corrected chi connectivity index (χ1v) is 10.2. The van der Waals surface area contributed by atoms with E-state index in [0.717, 1.165) is 28.0 Å². The molecule has 5 nitrogen and oxygen atoms in total. The van der Waals surface area contributed by atoms with Gasteiger partial charge in [-0.1, -0.05) is 42.8 Å². The van der Waals surface area contributed by atoms with Crippen LogP contribution >= 0.6 is 0 Å². The van der Waals surface area contributed by atoms with Crippen LogP contribution in [0.3, 0.4) is 0 Å². The normalized spacial score (nSPS) is 11.6. The van der Waals surface area contributed by atoms with Crippen molar-refractivity contribution < 1.29 is 14.3 Å². The number of aryl methyl sites for hydroxylation is 2. The predicted octanol–water partition coefficient (Wildman–Crippen LogP) is 3.80. The number of nitrogens with one attached hydrogen (secondary N) is 1. The highest BCUT2D eigenvalue weighted by atomic mass is 16.5. The monoisotopic (exact) mass is 396 g/mol. The van der Waals surface area contributed by atoms with E-state index in [1.165, 1.54) is 0 Å². The average molecular weight is 397 g/mol. The third kappa shape index (κ3) is 6.08. The van der Waals surface area contributed by atoms with Gasteiger partial charge in [-0.2, -0.15) is 0 Å². The molecule has 0 saturated carbocycles. The standard InChI is InChI=1S/C24H32N2O3/c1-6-22(24(28)25-7-2)26(16-19-9-8-10-21(14-19)29-5)23(27)15-20-13-17(3)11-12-18(20)4/h8-14,22H,6-7,15-16H2,1-5H3,(H,25,28). The summed E-state index contributed by atoms with van der Waals surface area (Å²) in [6.07, 6.45) is 0.821. The van der Waals surface area contributed by atoms with Gasteiger partial charge in [-0.15, -0.1) is 0 Å². The number of ether oxygens (including phenoxy) is 1. The maximum absolute atomic E-state index is 13.4. The fourth-order valence-electron chi connectivity index (χ4n) is 3.43. The summed E-state index contributed by atoms with van der Waals surface area (Å²) in [6, 6.07) is 13.2. The van der Waals surface area contributed by atoms with E-state index in [1.54, 1.807) is 12.0 Å². The molecule has 0 bridgehead atoms. The number of hydrogen-bond acceptors (Lipinski definition) is 3. The van der Waals surface area contributed by atoms with Crippen molar-refractivity contribution in [2.75, 3.05) is 13.7 Å². The fourth-order valence-corrected chi connectivity index (χ4v) is 3.43. The Morgan fingerprint density at radius 3 is 2.52 bits per heavy atom. The second-order valence-corrected chi connectivity index (χ2v) is 7.30. The number of carbonyl (C=O) groups is 2. The fraction of sp³-hybridized carbons (Fsp3) is 0.417. The van der Waals surface area contributed by atoms with Gasteiger partial charge in [-0.25, -0.2) is 0 Å². The molecule has 0 radical (unpaired) electrons. The zero-order valence-electron chi connectivity index (χ0n) is 18.1. The first-order chi connectivity index (χ1) is 13.9. The van der Waals surface area contributed by atoms with Gasteiger partial charge in [0.15, 0.2) is 0 Å². The van der Waals surface area contributed by atoms with Crippen LogP contribution in [0.15, 0.2) is 42.5 Å². The molecular formula is C24H32N2O3. The SMILES string of the molecule is CCNC(=O)C(CC)N(Cc1cccc(OC)c1)C(=O)Cc1cc(C)ccc1C. The summed E-state index contributed by atoms with van der Waals surface area (Å²) in [5, 5.41) is 2.87. The minimum Gasteiger partial charge on any atom is -0.497 e. The molecule has 1 N–H and O–H groups in total. The predicted molar refractivity (Wildman–Crippen MR) is 116 cm³/mol. The van der Waals surface area contributed by atoms with Crippen molar-refractivity contribution in [3.8, 4) is 5.75 Å². The van der Waals surface area contributed by atoms with E-state index in [9.17, 15) is 9.59 Å². The Balaban J connectivity index is 2.34. The van der Waals surface area contributed by atoms with Crippen LogP contribution in [-0.4, -0.2) is 36.4 Å². The molecular weight excluding hydrogens is 364 g/mol. The maximum Gasteiger partial charge on any atom is 0.242 e. The van der Waals surface area contributed by atoms with Crippen LogP contribution in [0, 0.1) is 13.8 Å². The quantitative estimate of drug-likeness (QED) is 0.701. The van der Waals surface area contributed by atoms with Gasteiger partial charge < -0.3 is 15.0 Å². The number of amides is 2. The van der Waals surface area contributed by atoms with E-state index in [0.29, 0.717) is 19.5 Å². The van der Waals surface area contributed by atoms with E-state index in [4.69, 9.17) is 4.74 Å². The molecule has 0 aliphatic rings. The Bertz CT molecular complexity index is 848. The lowest BCUT2D eigenvalue weighted by Gasteiger charge is -2.31. The Morgan fingerprint density at radius 2 is 1.86 bits per heavy atom. The lowest BCUT2D eigenvalue weighted by Crippen LogP contribution is -2.49. The highest BCUT2D eigenvalue weighted by Gasteiger charge is 2.28. The molecule has 5 heteroatoms. The Kier molecular flexibility index (Phi) is 8.25. The van der Waals surface area contributed by atoms with Gasteiger partial charge >= 0.3 is 0 Å². The van der Waals surface area contributed by atoms with Gasteiger partial charge in [0.1, 0.15) is 11.8 Å². The molecule has 156 valence electrons. The third-order valence-electron chi connectivity index (χ3n) is 5.07. The summed E-state index contributed by atoms with van der Waals surface area (Å²) >= 11 is 0. The topological polar surface area (TPSA) is 58.6 Å². The highest BCUT2D eigenvalue weighted by molar-refractivity contribution is 5.88. The Morgan fingerprint density at radius 1 is 1.10 bits per heavy atom. The lowest BCUT2D eigenvalue weighted by molar-refractivity contribution is -0.140. The second kappa shape index (κ2) is 10.6. The molecule has 0 fully saturated rings. The van der Waals surface area contributed by atoms with Crippen molar-refractivity contribution in [2.24, 2.45) is 0 Å². The lowest BCUT2D eigenvalue weighted by atomic mass is 10.0. The van der Waals surface area contributed by atoms with Gasteiger partial charge in [0.25, 0.3) is 0 Å². The number of hydrogen-bond donors (Lipinski definition) is 1. The summed E-state index contributed by atoms with van der Waals surface area (Å²) in [4.78, 5) is 27.7. The number of likely N-dealkylation sites (N-methyl/N-ethyl adjacent to an activating group) is 1. The molecule has 1 atom stereocenters. The molecule has 2 rings (SSSR count). The molecule has 2 aromatic carbocycles. The van der Waals surface area contributed by atoms with E-state index in [1.807, 2.05) is 70.2 Å². The largest absolute Gasteiger partial charge is 0.497 e. The number of benzene rings is 2. The van der Waals surface area contributed by atoms with Crippen LogP contribution in [0.5, 0.6) is 5.75 Å². The van der Waals surface area contributed by atoms with Gasteiger partial charge in [0.05, 0.1) is 13.5 Å². The van der Waals surface area contributed by atoms with E-state index in [-0.39, 0.29) is 18.2 Å². The van der Waals surface area contributed by atoms with Gasteiger partial charge in [0, 0.05) is 13.1 Å². The van der Waals surface area contributed by atoms with Crippen LogP contribution in [0.2, 0.25) is 0 Å². The van der Waals surface area contributed by atoms with Crippen LogP contribution in [-0.2, 0) is 22.6 Å². The molecule has 0 aliphatic heterocycles. The molecule has 0 spiro atoms. The smallest absolute Gasteiger partial charge is 0.242 e. The highest BCUT2D eigenvalue weighted by Crippen LogP contribution is 2.19. The molecule has 2 aromatic rings. The van der Waals surface area contributed by atoms with Gasteiger partial charge in [-0.3, -0.25) is 9.59 Å². The van der Waals surface area contributed by atoms with Crippen LogP contribution < -0.4 is 10.1 Å². The second-order valence-electron chi connectivity index (χ2n) is 7.30. The summed E-state index contributed by atoms with van der Waals surface area (Å²) < 4.78 is 5.31. The van der Waals surface area contributed by atoms with Gasteiger partial charge in [-0.05, 0) is 56.0 Å². The number of nitrogens with zero attached hydrogens (tertiary/aromatic N) is 1. The molecule has 1 unspecified atom stereocenters. The number of methoxy groups -OCH3 is 1. The van der Waals surface area contributed by atoms with E-state index >= 15 is 0 Å². The summed E-state index contributed by atoms with van der Waals surface area (Å²) in [7, 11) is 1.62. The van der Waals surface area contributed by atoms with Crippen LogP contribution in [0.25, 0.3) is 0 Å². The van der Waals surface area contributed by atoms with Crippen molar-refractivity contribution in [3.63, 3.8) is 0 Å². The summed E-state index contributed by atoms with van der Waals surface area (Å²) in [6.45, 7) is 8.74. The van der Waals surface area contributed by atoms with Crippen molar-refractivity contribution in [1.29, 1.82) is 0 Å². The van der Waals surface area contributed by atoms with Crippen LogP contribution in [0.4, 0.5) is 0 Å². The minimum atomic E-state index is -0.515. The molecule has 2 amide bonds. The third-order valence-corrected chi connectivity index (χ3v) is 5.07. The molecule has 0 aliphatic carbocycles. The van der Waals surface area contributed by atoms with E-state index < -0.39 is 6.04 Å². The molecule has 0 saturated heterocycles. The van der Waals surface area contributed by atoms with Crippen molar-refractivity contribution in [3.05, 3.63) is 64.7 Å². The first-order valence-electron chi connectivity index (χ1n) is 10.2. The van der Waals surface area contributed by atoms with E-state index in [2.05, 4.69) is 5.32 Å². The summed E-state index contributed by atoms with van der Waals surface area (Å²) in [5.74, 6) is 0.558. The average Bonchev–Trinajstić information content (AvgIpc) is 2.71. The van der Waals surface area contributed by atoms with Crippen molar-refractivity contribution in [1.82, 2.24) is 10.2 Å². The maximum atomic E-state index is 13.4. The van der Waals surface area contributed by atoms with Crippen molar-refractivity contribution >= 4 is 11.8 Å². The minimum absolute atomic E-state index is 0.0559. The number of rotatable bonds is 9. The number of carbonyl (C=O) groups excluding carboxylic acids is 2.